The van der Waals surface area contributed by atoms with Crippen LogP contribution in [0.5, 0.6) is 0 Å². The van der Waals surface area contributed by atoms with Crippen molar-refractivity contribution >= 4 is 17.4 Å². The highest BCUT2D eigenvalue weighted by Crippen LogP contribution is 2.51. The molecule has 1 amide bonds. The fourth-order valence-electron chi connectivity index (χ4n) is 3.88. The fraction of sp³-hybridized carbons (Fsp3) is 0.529. The second-order valence-electron chi connectivity index (χ2n) is 6.54. The minimum absolute atomic E-state index is 0.188. The quantitative estimate of drug-likeness (QED) is 0.786. The van der Waals surface area contributed by atoms with E-state index in [0.717, 1.165) is 5.69 Å². The number of hydrogen-bond acceptors (Lipinski definition) is 2. The van der Waals surface area contributed by atoms with E-state index >= 15 is 0 Å². The maximum absolute atomic E-state index is 12.8. The monoisotopic (exact) mass is 269 g/mol. The summed E-state index contributed by atoms with van der Waals surface area (Å²) in [6.45, 7) is 0. The first kappa shape index (κ1) is 12.1. The first-order valence-electron chi connectivity index (χ1n) is 7.56. The maximum atomic E-state index is 12.8. The first-order chi connectivity index (χ1) is 9.62. The molecule has 4 rings (SSSR count). The summed E-state index contributed by atoms with van der Waals surface area (Å²) in [4.78, 5) is 26.1. The van der Waals surface area contributed by atoms with Gasteiger partial charge in [0.05, 0.1) is 5.41 Å². The largest absolute Gasteiger partial charge is 0.314 e. The number of benzene rings is 1. The first-order valence-corrected chi connectivity index (χ1v) is 7.56. The van der Waals surface area contributed by atoms with Crippen LogP contribution in [0.1, 0.15) is 55.6 Å². The molecule has 0 bridgehead atoms. The number of rotatable bonds is 1. The number of anilines is 1. The zero-order valence-electron chi connectivity index (χ0n) is 11.8. The van der Waals surface area contributed by atoms with Crippen molar-refractivity contribution in [2.45, 2.75) is 49.9 Å². The van der Waals surface area contributed by atoms with Crippen LogP contribution < -0.4 is 4.90 Å². The van der Waals surface area contributed by atoms with Gasteiger partial charge in [0.1, 0.15) is 5.78 Å². The molecule has 1 aromatic rings. The van der Waals surface area contributed by atoms with E-state index in [9.17, 15) is 9.59 Å². The molecular weight excluding hydrogens is 250 g/mol. The van der Waals surface area contributed by atoms with Gasteiger partial charge < -0.3 is 4.90 Å². The Balaban J connectivity index is 1.83. The van der Waals surface area contributed by atoms with Crippen LogP contribution in [0, 0.1) is 0 Å². The van der Waals surface area contributed by atoms with Gasteiger partial charge >= 0.3 is 0 Å². The fourth-order valence-corrected chi connectivity index (χ4v) is 3.88. The molecule has 0 radical (unpaired) electrons. The maximum Gasteiger partial charge on any atom is 0.237 e. The van der Waals surface area contributed by atoms with Gasteiger partial charge in [-0.3, -0.25) is 9.59 Å². The van der Waals surface area contributed by atoms with Crippen molar-refractivity contribution in [1.82, 2.24) is 0 Å². The molecule has 104 valence electrons. The summed E-state index contributed by atoms with van der Waals surface area (Å²) in [6.07, 6.45) is 5.02. The number of likely N-dealkylation sites (N-methyl/N-ethyl adjacent to an activating group) is 1. The van der Waals surface area contributed by atoms with Crippen LogP contribution in [-0.2, 0) is 15.0 Å². The van der Waals surface area contributed by atoms with E-state index in [1.807, 2.05) is 7.05 Å². The van der Waals surface area contributed by atoms with Gasteiger partial charge in [-0.05, 0) is 48.8 Å². The standard InChI is InChI=1S/C17H19NO2/c1-18-15-5-4-12(11-2-3-11)10-14(15)17(16(18)20)8-6-13(19)7-9-17/h4-5,10-11H,2-3,6-9H2,1H3. The number of hydrogen-bond donors (Lipinski definition) is 0. The highest BCUT2D eigenvalue weighted by Gasteiger charge is 2.51. The van der Waals surface area contributed by atoms with Crippen molar-refractivity contribution in [3.05, 3.63) is 29.3 Å². The molecule has 1 aliphatic heterocycles. The average Bonchev–Trinajstić information content (AvgIpc) is 3.28. The van der Waals surface area contributed by atoms with Gasteiger partial charge in [0.2, 0.25) is 5.91 Å². The second-order valence-corrected chi connectivity index (χ2v) is 6.54. The van der Waals surface area contributed by atoms with Crippen LogP contribution in [-0.4, -0.2) is 18.7 Å². The summed E-state index contributed by atoms with van der Waals surface area (Å²) in [5, 5.41) is 0. The number of amides is 1. The van der Waals surface area contributed by atoms with Crippen molar-refractivity contribution in [3.63, 3.8) is 0 Å². The van der Waals surface area contributed by atoms with Crippen LogP contribution in [0.4, 0.5) is 5.69 Å². The molecule has 0 N–H and O–H groups in total. The number of carbonyl (C=O) groups excluding carboxylic acids is 2. The molecule has 2 saturated carbocycles. The number of fused-ring (bicyclic) bond motifs is 2. The molecular formula is C17H19NO2. The van der Waals surface area contributed by atoms with Gasteiger partial charge in [-0.2, -0.15) is 0 Å². The molecule has 2 aliphatic carbocycles. The Hall–Kier alpha value is -1.64. The minimum Gasteiger partial charge on any atom is -0.314 e. The van der Waals surface area contributed by atoms with Crippen LogP contribution in [0.25, 0.3) is 0 Å². The molecule has 3 aliphatic rings. The normalized spacial score (nSPS) is 24.4. The van der Waals surface area contributed by atoms with E-state index in [4.69, 9.17) is 0 Å². The Labute approximate surface area is 119 Å². The lowest BCUT2D eigenvalue weighted by Gasteiger charge is -2.31. The minimum atomic E-state index is -0.414. The molecule has 1 aromatic carbocycles. The van der Waals surface area contributed by atoms with E-state index in [1.165, 1.54) is 24.0 Å². The summed E-state index contributed by atoms with van der Waals surface area (Å²) in [5.41, 5.74) is 3.20. The van der Waals surface area contributed by atoms with E-state index in [0.29, 0.717) is 37.4 Å². The van der Waals surface area contributed by atoms with Crippen molar-refractivity contribution in [3.8, 4) is 0 Å². The van der Waals surface area contributed by atoms with E-state index in [-0.39, 0.29) is 5.91 Å². The molecule has 0 atom stereocenters. The SMILES string of the molecule is CN1C(=O)C2(CCC(=O)CC2)c2cc(C3CC3)ccc21. The van der Waals surface area contributed by atoms with Crippen LogP contribution in [0.15, 0.2) is 18.2 Å². The molecule has 3 heteroatoms. The van der Waals surface area contributed by atoms with E-state index in [1.54, 1.807) is 4.90 Å². The van der Waals surface area contributed by atoms with Gasteiger partial charge in [0.15, 0.2) is 0 Å². The summed E-state index contributed by atoms with van der Waals surface area (Å²) in [7, 11) is 1.86. The lowest BCUT2D eigenvalue weighted by Crippen LogP contribution is -2.41. The van der Waals surface area contributed by atoms with Crippen LogP contribution in [0.3, 0.4) is 0 Å². The van der Waals surface area contributed by atoms with E-state index in [2.05, 4.69) is 18.2 Å². The molecule has 3 nitrogen and oxygen atoms in total. The summed E-state index contributed by atoms with van der Waals surface area (Å²) >= 11 is 0. The Kier molecular flexibility index (Phi) is 2.39. The van der Waals surface area contributed by atoms with Crippen molar-refractivity contribution in [2.75, 3.05) is 11.9 Å². The third-order valence-electron chi connectivity index (χ3n) is 5.32. The summed E-state index contributed by atoms with van der Waals surface area (Å²) < 4.78 is 0. The van der Waals surface area contributed by atoms with Gasteiger partial charge in [-0.15, -0.1) is 0 Å². The Morgan fingerprint density at radius 1 is 1.15 bits per heavy atom. The highest BCUT2D eigenvalue weighted by atomic mass is 16.2. The Bertz CT molecular complexity index is 605. The number of carbonyl (C=O) groups is 2. The van der Waals surface area contributed by atoms with Crippen molar-refractivity contribution in [1.29, 1.82) is 0 Å². The highest BCUT2D eigenvalue weighted by molar-refractivity contribution is 6.08. The number of ketones is 1. The van der Waals surface area contributed by atoms with Crippen LogP contribution >= 0.6 is 0 Å². The lowest BCUT2D eigenvalue weighted by molar-refractivity contribution is -0.127. The molecule has 20 heavy (non-hydrogen) atoms. The smallest absolute Gasteiger partial charge is 0.237 e. The van der Waals surface area contributed by atoms with Crippen molar-refractivity contribution < 1.29 is 9.59 Å². The Morgan fingerprint density at radius 3 is 2.50 bits per heavy atom. The van der Waals surface area contributed by atoms with Crippen LogP contribution in [0.2, 0.25) is 0 Å². The zero-order valence-corrected chi connectivity index (χ0v) is 11.8. The number of nitrogens with zero attached hydrogens (tertiary/aromatic N) is 1. The molecule has 0 saturated heterocycles. The third kappa shape index (κ3) is 1.52. The second kappa shape index (κ2) is 3.94. The predicted octanol–water partition coefficient (Wildman–Crippen LogP) is 2.92. The van der Waals surface area contributed by atoms with Gasteiger partial charge in [-0.1, -0.05) is 12.1 Å². The molecule has 2 fully saturated rings. The summed E-state index contributed by atoms with van der Waals surface area (Å²) in [5.74, 6) is 1.19. The topological polar surface area (TPSA) is 37.4 Å². The van der Waals surface area contributed by atoms with E-state index < -0.39 is 5.41 Å². The zero-order chi connectivity index (χ0) is 13.9. The lowest BCUT2D eigenvalue weighted by atomic mass is 9.69. The predicted molar refractivity (Wildman–Crippen MR) is 77.0 cm³/mol. The van der Waals surface area contributed by atoms with Crippen molar-refractivity contribution in [2.24, 2.45) is 0 Å². The Morgan fingerprint density at radius 2 is 1.85 bits per heavy atom. The molecule has 0 aromatic heterocycles. The third-order valence-corrected chi connectivity index (χ3v) is 5.32. The molecule has 1 heterocycles. The average molecular weight is 269 g/mol. The summed E-state index contributed by atoms with van der Waals surface area (Å²) in [6, 6.07) is 6.53. The van der Waals surface area contributed by atoms with Gasteiger partial charge in [0.25, 0.3) is 0 Å². The molecule has 0 unspecified atom stereocenters. The van der Waals surface area contributed by atoms with Gasteiger partial charge in [0, 0.05) is 25.6 Å². The molecule has 1 spiro atoms. The van der Waals surface area contributed by atoms with Gasteiger partial charge in [-0.25, -0.2) is 0 Å². The number of Topliss-reactive ketones (excluding diaryl/α,β-unsaturated/α-hetero) is 1.